The summed E-state index contributed by atoms with van der Waals surface area (Å²) in [5.74, 6) is 0.172. The van der Waals surface area contributed by atoms with Crippen LogP contribution in [0.5, 0.6) is 5.75 Å². The van der Waals surface area contributed by atoms with Crippen LogP contribution in [0.3, 0.4) is 0 Å². The molecule has 3 rings (SSSR count). The number of nitrogens with zero attached hydrogens (tertiary/aromatic N) is 3. The van der Waals surface area contributed by atoms with E-state index in [1.54, 1.807) is 42.5 Å². The zero-order chi connectivity index (χ0) is 20.1. The van der Waals surface area contributed by atoms with Crippen molar-refractivity contribution in [2.24, 2.45) is 0 Å². The van der Waals surface area contributed by atoms with Crippen molar-refractivity contribution in [3.8, 4) is 5.75 Å². The van der Waals surface area contributed by atoms with Crippen molar-refractivity contribution in [3.63, 3.8) is 0 Å². The maximum absolute atomic E-state index is 12.1. The fourth-order valence-electron chi connectivity index (χ4n) is 3.03. The summed E-state index contributed by atoms with van der Waals surface area (Å²) in [7, 11) is -3.68. The number of hydrogen-bond acceptors (Lipinski definition) is 7. The highest BCUT2D eigenvalue weighted by atomic mass is 35.5. The van der Waals surface area contributed by atoms with E-state index in [9.17, 15) is 18.5 Å². The molecule has 0 N–H and O–H groups in total. The topological polar surface area (TPSA) is 93.0 Å². The molecule has 0 unspecified atom stereocenters. The molecule has 0 saturated carbocycles. The van der Waals surface area contributed by atoms with Gasteiger partial charge in [-0.2, -0.15) is 8.42 Å². The fourth-order valence-corrected chi connectivity index (χ4v) is 4.16. The van der Waals surface area contributed by atoms with Gasteiger partial charge in [-0.05, 0) is 24.3 Å². The Morgan fingerprint density at radius 2 is 1.75 bits per heavy atom. The quantitative estimate of drug-likeness (QED) is 0.382. The zero-order valence-corrected chi connectivity index (χ0v) is 16.6. The van der Waals surface area contributed by atoms with Crippen LogP contribution in [0.15, 0.2) is 48.5 Å². The van der Waals surface area contributed by atoms with E-state index in [0.29, 0.717) is 49.2 Å². The van der Waals surface area contributed by atoms with Gasteiger partial charge >= 0.3 is 10.1 Å². The predicted molar refractivity (Wildman–Crippen MR) is 108 cm³/mol. The molecular formula is C18H20ClN3O5S. The summed E-state index contributed by atoms with van der Waals surface area (Å²) in [4.78, 5) is 14.8. The predicted octanol–water partition coefficient (Wildman–Crippen LogP) is 2.78. The third-order valence-electron chi connectivity index (χ3n) is 4.47. The Bertz CT molecular complexity index is 931. The van der Waals surface area contributed by atoms with Crippen LogP contribution in [0.25, 0.3) is 0 Å². The maximum atomic E-state index is 12.1. The Hall–Kier alpha value is -2.36. The summed E-state index contributed by atoms with van der Waals surface area (Å²) < 4.78 is 29.4. The summed E-state index contributed by atoms with van der Waals surface area (Å²) in [6.45, 7) is 2.65. The molecule has 10 heteroatoms. The largest absolute Gasteiger partial charge is 0.382 e. The van der Waals surface area contributed by atoms with Crippen molar-refractivity contribution in [2.45, 2.75) is 0 Å². The van der Waals surface area contributed by atoms with Crippen molar-refractivity contribution in [3.05, 3.63) is 63.7 Å². The van der Waals surface area contributed by atoms with Crippen molar-refractivity contribution < 1.29 is 17.5 Å². The minimum atomic E-state index is -3.68. The first-order chi connectivity index (χ1) is 13.3. The van der Waals surface area contributed by atoms with Crippen LogP contribution < -0.4 is 9.08 Å². The van der Waals surface area contributed by atoms with E-state index in [-0.39, 0.29) is 11.4 Å². The van der Waals surface area contributed by atoms with Crippen LogP contribution >= 0.6 is 11.6 Å². The lowest BCUT2D eigenvalue weighted by molar-refractivity contribution is -0.384. The molecule has 8 nitrogen and oxygen atoms in total. The molecule has 0 aliphatic carbocycles. The molecule has 0 atom stereocenters. The first-order valence-corrected chi connectivity index (χ1v) is 10.7. The first kappa shape index (κ1) is 20.4. The minimum absolute atomic E-state index is 0.0280. The minimum Gasteiger partial charge on any atom is -0.382 e. The Balaban J connectivity index is 1.54. The van der Waals surface area contributed by atoms with Gasteiger partial charge in [-0.25, -0.2) is 0 Å². The summed E-state index contributed by atoms with van der Waals surface area (Å²) in [5.41, 5.74) is 0.494. The van der Waals surface area contributed by atoms with Crippen molar-refractivity contribution in [1.29, 1.82) is 0 Å². The lowest BCUT2D eigenvalue weighted by atomic mass is 10.2. The van der Waals surface area contributed by atoms with Crippen LogP contribution in [-0.2, 0) is 10.1 Å². The summed E-state index contributed by atoms with van der Waals surface area (Å²) in [6.07, 6.45) is 0. The lowest BCUT2D eigenvalue weighted by Crippen LogP contribution is -2.48. The Morgan fingerprint density at radius 3 is 2.39 bits per heavy atom. The molecule has 1 heterocycles. The van der Waals surface area contributed by atoms with Gasteiger partial charge in [0.15, 0.2) is 0 Å². The van der Waals surface area contributed by atoms with E-state index >= 15 is 0 Å². The van der Waals surface area contributed by atoms with Gasteiger partial charge in [0.1, 0.15) is 11.4 Å². The van der Waals surface area contributed by atoms with Crippen LogP contribution in [-0.4, -0.2) is 56.7 Å². The molecule has 28 heavy (non-hydrogen) atoms. The average Bonchev–Trinajstić information content (AvgIpc) is 2.67. The van der Waals surface area contributed by atoms with Crippen LogP contribution in [0, 0.1) is 10.1 Å². The number of nitro groups is 1. The molecule has 0 radical (unpaired) electrons. The second-order valence-corrected chi connectivity index (χ2v) is 8.50. The monoisotopic (exact) mass is 425 g/mol. The second-order valence-electron chi connectivity index (χ2n) is 6.38. The average molecular weight is 426 g/mol. The molecular weight excluding hydrogens is 406 g/mol. The molecule has 0 spiro atoms. The molecule has 150 valence electrons. The number of anilines is 1. The highest BCUT2D eigenvalue weighted by Crippen LogP contribution is 2.31. The molecule has 2 aromatic carbocycles. The summed E-state index contributed by atoms with van der Waals surface area (Å²) in [5, 5.41) is 11.6. The number of halogens is 1. The number of hydrogen-bond donors (Lipinski definition) is 0. The van der Waals surface area contributed by atoms with Crippen molar-refractivity contribution >= 4 is 33.1 Å². The van der Waals surface area contributed by atoms with E-state index in [1.807, 2.05) is 9.80 Å². The second kappa shape index (κ2) is 8.76. The van der Waals surface area contributed by atoms with E-state index in [2.05, 4.69) is 0 Å². The molecule has 0 amide bonds. The number of piperazine rings is 1. The van der Waals surface area contributed by atoms with Gasteiger partial charge < -0.3 is 9.08 Å². The van der Waals surface area contributed by atoms with Crippen molar-refractivity contribution in [2.75, 3.05) is 43.4 Å². The fraction of sp³-hybridized carbons (Fsp3) is 0.333. The van der Waals surface area contributed by atoms with E-state index in [0.717, 1.165) is 0 Å². The Labute approximate surface area is 168 Å². The van der Waals surface area contributed by atoms with Crippen LogP contribution in [0.4, 0.5) is 11.4 Å². The van der Waals surface area contributed by atoms with E-state index < -0.39 is 15.0 Å². The van der Waals surface area contributed by atoms with Gasteiger partial charge in [-0.1, -0.05) is 29.8 Å². The first-order valence-electron chi connectivity index (χ1n) is 8.72. The van der Waals surface area contributed by atoms with Gasteiger partial charge in [0.25, 0.3) is 5.69 Å². The van der Waals surface area contributed by atoms with E-state index in [1.165, 1.54) is 6.07 Å². The Kier molecular flexibility index (Phi) is 6.38. The third-order valence-corrected chi connectivity index (χ3v) is 5.84. The van der Waals surface area contributed by atoms with Gasteiger partial charge in [-0.3, -0.25) is 15.0 Å². The maximum Gasteiger partial charge on any atom is 0.310 e. The number of nitro benzene ring substituents is 1. The van der Waals surface area contributed by atoms with Gasteiger partial charge in [0, 0.05) is 43.8 Å². The molecule has 1 aliphatic rings. The normalized spacial score (nSPS) is 15.4. The number of rotatable bonds is 7. The molecule has 0 bridgehead atoms. The molecule has 0 aromatic heterocycles. The van der Waals surface area contributed by atoms with E-state index in [4.69, 9.17) is 15.8 Å². The standard InChI is InChI=1S/C18H20ClN3O5S/c19-15-6-7-17(18(14-15)22(23)24)21-10-8-20(9-11-21)12-13-28(25,26)27-16-4-2-1-3-5-16/h1-7,14H,8-13H2. The van der Waals surface area contributed by atoms with Crippen LogP contribution in [0.2, 0.25) is 5.02 Å². The highest BCUT2D eigenvalue weighted by Gasteiger charge is 2.25. The zero-order valence-electron chi connectivity index (χ0n) is 15.0. The third kappa shape index (κ3) is 5.34. The molecule has 1 fully saturated rings. The number of benzene rings is 2. The molecule has 2 aromatic rings. The van der Waals surface area contributed by atoms with Gasteiger partial charge in [-0.15, -0.1) is 0 Å². The van der Waals surface area contributed by atoms with Gasteiger partial charge in [0.2, 0.25) is 0 Å². The molecule has 1 aliphatic heterocycles. The number of para-hydroxylation sites is 1. The Morgan fingerprint density at radius 1 is 1.07 bits per heavy atom. The van der Waals surface area contributed by atoms with Crippen molar-refractivity contribution in [1.82, 2.24) is 4.90 Å². The highest BCUT2D eigenvalue weighted by molar-refractivity contribution is 7.87. The SMILES string of the molecule is O=[N+]([O-])c1cc(Cl)ccc1N1CCN(CCS(=O)(=O)Oc2ccccc2)CC1. The lowest BCUT2D eigenvalue weighted by Gasteiger charge is -2.35. The van der Waals surface area contributed by atoms with Gasteiger partial charge in [0.05, 0.1) is 10.7 Å². The summed E-state index contributed by atoms with van der Waals surface area (Å²) in [6, 6.07) is 13.0. The smallest absolute Gasteiger partial charge is 0.310 e. The van der Waals surface area contributed by atoms with Crippen LogP contribution in [0.1, 0.15) is 0 Å². The summed E-state index contributed by atoms with van der Waals surface area (Å²) >= 11 is 5.87. The molecule has 1 saturated heterocycles.